The van der Waals surface area contributed by atoms with E-state index in [4.69, 9.17) is 9.40 Å². The van der Waals surface area contributed by atoms with E-state index in [2.05, 4.69) is 81.2 Å². The lowest BCUT2D eigenvalue weighted by Gasteiger charge is -2.10. The average molecular weight is 378 g/mol. The van der Waals surface area contributed by atoms with Crippen molar-refractivity contribution < 1.29 is 4.42 Å². The molecule has 0 saturated heterocycles. The van der Waals surface area contributed by atoms with Crippen molar-refractivity contribution in [3.05, 3.63) is 83.0 Å². The van der Waals surface area contributed by atoms with Gasteiger partial charge in [-0.1, -0.05) is 29.8 Å². The monoisotopic (exact) mass is 378 g/mol. The van der Waals surface area contributed by atoms with Crippen LogP contribution < -0.4 is 0 Å². The highest BCUT2D eigenvalue weighted by Crippen LogP contribution is 2.36. The van der Waals surface area contributed by atoms with Crippen LogP contribution in [0.4, 0.5) is 0 Å². The molecule has 0 spiro atoms. The van der Waals surface area contributed by atoms with Crippen LogP contribution in [0.5, 0.6) is 0 Å². The average Bonchev–Trinajstić information content (AvgIpc) is 3.05. The summed E-state index contributed by atoms with van der Waals surface area (Å²) in [5.41, 5.74) is 10.4. The fourth-order valence-electron chi connectivity index (χ4n) is 4.29. The van der Waals surface area contributed by atoms with Gasteiger partial charge >= 0.3 is 0 Å². The molecule has 0 amide bonds. The maximum absolute atomic E-state index is 6.29. The number of benzene rings is 2. The Morgan fingerprint density at radius 1 is 0.724 bits per heavy atom. The number of aromatic nitrogens is 2. The van der Waals surface area contributed by atoms with Crippen LogP contribution in [0.25, 0.3) is 44.6 Å². The van der Waals surface area contributed by atoms with Crippen LogP contribution in [-0.4, -0.2) is 9.97 Å². The third-order valence-electron chi connectivity index (χ3n) is 5.49. The lowest BCUT2D eigenvalue weighted by atomic mass is 9.97. The molecule has 0 atom stereocenters. The number of hydrogen-bond donors (Lipinski definition) is 0. The number of pyridine rings is 2. The molecule has 2 aromatic carbocycles. The molecule has 3 nitrogen and oxygen atoms in total. The smallest absolute Gasteiger partial charge is 0.227 e. The van der Waals surface area contributed by atoms with Crippen molar-refractivity contribution in [1.29, 1.82) is 0 Å². The Bertz CT molecular complexity index is 1370. The van der Waals surface area contributed by atoms with Gasteiger partial charge in [-0.05, 0) is 74.7 Å². The van der Waals surface area contributed by atoms with Gasteiger partial charge in [0.25, 0.3) is 0 Å². The van der Waals surface area contributed by atoms with Crippen LogP contribution in [0.3, 0.4) is 0 Å². The summed E-state index contributed by atoms with van der Waals surface area (Å²) in [6.45, 7) is 8.48. The van der Waals surface area contributed by atoms with E-state index in [1.54, 1.807) is 0 Å². The molecule has 0 aliphatic heterocycles. The van der Waals surface area contributed by atoms with Gasteiger partial charge in [0.2, 0.25) is 5.71 Å². The predicted octanol–water partition coefficient (Wildman–Crippen LogP) is 6.94. The van der Waals surface area contributed by atoms with Gasteiger partial charge in [0.05, 0.1) is 11.4 Å². The van der Waals surface area contributed by atoms with E-state index in [-0.39, 0.29) is 0 Å². The molecule has 5 rings (SSSR count). The van der Waals surface area contributed by atoms with Gasteiger partial charge in [-0.3, -0.25) is 4.98 Å². The maximum Gasteiger partial charge on any atom is 0.227 e. The first-order valence-electron chi connectivity index (χ1n) is 9.85. The van der Waals surface area contributed by atoms with E-state index >= 15 is 0 Å². The zero-order valence-electron chi connectivity index (χ0n) is 17.1. The summed E-state index contributed by atoms with van der Waals surface area (Å²) in [5, 5.41) is 2.10. The van der Waals surface area contributed by atoms with E-state index in [1.807, 2.05) is 12.3 Å². The number of fused-ring (bicyclic) bond motifs is 3. The van der Waals surface area contributed by atoms with Gasteiger partial charge in [-0.2, -0.15) is 0 Å². The van der Waals surface area contributed by atoms with Crippen molar-refractivity contribution in [2.75, 3.05) is 0 Å². The molecule has 0 unspecified atom stereocenters. The van der Waals surface area contributed by atoms with E-state index in [1.165, 1.54) is 27.8 Å². The van der Waals surface area contributed by atoms with Crippen LogP contribution in [-0.2, 0) is 0 Å². The number of hydrogen-bond acceptors (Lipinski definition) is 3. The third-order valence-corrected chi connectivity index (χ3v) is 5.49. The molecule has 5 aromatic rings. The minimum atomic E-state index is 0.664. The van der Waals surface area contributed by atoms with E-state index < -0.39 is 0 Å². The first kappa shape index (κ1) is 17.6. The van der Waals surface area contributed by atoms with Crippen molar-refractivity contribution in [2.24, 2.45) is 0 Å². The highest BCUT2D eigenvalue weighted by atomic mass is 16.3. The number of rotatable bonds is 2. The predicted molar refractivity (Wildman–Crippen MR) is 119 cm³/mol. The molecule has 0 radical (unpaired) electrons. The fourth-order valence-corrected chi connectivity index (χ4v) is 4.29. The minimum absolute atomic E-state index is 0.664. The Morgan fingerprint density at radius 2 is 1.52 bits per heavy atom. The highest BCUT2D eigenvalue weighted by molar-refractivity contribution is 6.08. The van der Waals surface area contributed by atoms with E-state index in [0.717, 1.165) is 33.3 Å². The number of aryl methyl sites for hydroxylation is 4. The van der Waals surface area contributed by atoms with Crippen molar-refractivity contribution in [1.82, 2.24) is 9.97 Å². The second-order valence-electron chi connectivity index (χ2n) is 7.83. The Hall–Kier alpha value is -3.46. The van der Waals surface area contributed by atoms with Gasteiger partial charge in [0.15, 0.2) is 0 Å². The standard InChI is InChI=1S/C26H22N2O/c1-15-10-11-27-23(14-15)21-7-5-6-19-20-8-9-22(28-26(20)29-25(19)21)24-17(3)12-16(2)13-18(24)4/h5-14H,1-4H3. The molecule has 0 aliphatic rings. The summed E-state index contributed by atoms with van der Waals surface area (Å²) >= 11 is 0. The molecule has 0 aliphatic carbocycles. The topological polar surface area (TPSA) is 38.9 Å². The van der Waals surface area contributed by atoms with Crippen LogP contribution in [0.1, 0.15) is 22.3 Å². The van der Waals surface area contributed by atoms with E-state index in [0.29, 0.717) is 5.71 Å². The van der Waals surface area contributed by atoms with Gasteiger partial charge in [0.1, 0.15) is 5.58 Å². The molecule has 0 bridgehead atoms. The highest BCUT2D eigenvalue weighted by Gasteiger charge is 2.16. The van der Waals surface area contributed by atoms with Crippen LogP contribution in [0, 0.1) is 27.7 Å². The van der Waals surface area contributed by atoms with Crippen LogP contribution >= 0.6 is 0 Å². The van der Waals surface area contributed by atoms with Crippen LogP contribution in [0.2, 0.25) is 0 Å². The summed E-state index contributed by atoms with van der Waals surface area (Å²) in [5.74, 6) is 0. The van der Waals surface area contributed by atoms with Crippen molar-refractivity contribution in [3.63, 3.8) is 0 Å². The second kappa shape index (κ2) is 6.56. The first-order chi connectivity index (χ1) is 14.0. The van der Waals surface area contributed by atoms with Gasteiger partial charge < -0.3 is 4.42 Å². The quantitative estimate of drug-likeness (QED) is 0.334. The normalized spacial score (nSPS) is 11.4. The zero-order valence-corrected chi connectivity index (χ0v) is 17.1. The third kappa shape index (κ3) is 2.90. The molecule has 0 fully saturated rings. The maximum atomic E-state index is 6.29. The Labute approximate surface area is 170 Å². The Kier molecular flexibility index (Phi) is 3.99. The lowest BCUT2D eigenvalue weighted by Crippen LogP contribution is -1.92. The molecular weight excluding hydrogens is 356 g/mol. The summed E-state index contributed by atoms with van der Waals surface area (Å²) in [7, 11) is 0. The molecule has 0 N–H and O–H groups in total. The first-order valence-corrected chi connectivity index (χ1v) is 9.85. The van der Waals surface area contributed by atoms with Gasteiger partial charge in [0, 0.05) is 28.1 Å². The number of nitrogens with zero attached hydrogens (tertiary/aromatic N) is 2. The van der Waals surface area contributed by atoms with Crippen molar-refractivity contribution >= 4 is 22.1 Å². The number of para-hydroxylation sites is 1. The van der Waals surface area contributed by atoms with Crippen LogP contribution in [0.15, 0.2) is 65.2 Å². The molecule has 0 saturated carbocycles. The number of furan rings is 1. The molecule has 3 aromatic heterocycles. The summed E-state index contributed by atoms with van der Waals surface area (Å²) in [4.78, 5) is 9.45. The molecule has 29 heavy (non-hydrogen) atoms. The van der Waals surface area contributed by atoms with Crippen molar-refractivity contribution in [2.45, 2.75) is 27.7 Å². The molecule has 142 valence electrons. The SMILES string of the molecule is Cc1ccnc(-c2cccc3c2oc2nc(-c4c(C)cc(C)cc4C)ccc23)c1. The Balaban J connectivity index is 1.74. The molecule has 3 heterocycles. The lowest BCUT2D eigenvalue weighted by molar-refractivity contribution is 0.655. The zero-order chi connectivity index (χ0) is 20.1. The van der Waals surface area contributed by atoms with Gasteiger partial charge in [-0.25, -0.2) is 4.98 Å². The minimum Gasteiger partial charge on any atom is -0.437 e. The fraction of sp³-hybridized carbons (Fsp3) is 0.154. The second-order valence-corrected chi connectivity index (χ2v) is 7.83. The molecule has 3 heteroatoms. The Morgan fingerprint density at radius 3 is 2.28 bits per heavy atom. The van der Waals surface area contributed by atoms with Gasteiger partial charge in [-0.15, -0.1) is 0 Å². The molecular formula is C26H22N2O. The summed E-state index contributed by atoms with van der Waals surface area (Å²) < 4.78 is 6.29. The summed E-state index contributed by atoms with van der Waals surface area (Å²) in [6.07, 6.45) is 1.84. The summed E-state index contributed by atoms with van der Waals surface area (Å²) in [6, 6.07) is 18.9. The van der Waals surface area contributed by atoms with E-state index in [9.17, 15) is 0 Å². The largest absolute Gasteiger partial charge is 0.437 e. The van der Waals surface area contributed by atoms with Crippen molar-refractivity contribution in [3.8, 4) is 22.5 Å².